The second-order valence-corrected chi connectivity index (χ2v) is 5.82. The van der Waals surface area contributed by atoms with E-state index in [2.05, 4.69) is 36.4 Å². The topological polar surface area (TPSA) is 18.5 Å². The Morgan fingerprint density at radius 3 is 1.43 bits per heavy atom. The molecule has 0 aliphatic heterocycles. The van der Waals surface area contributed by atoms with E-state index in [1.807, 2.05) is 48.5 Å². The highest BCUT2D eigenvalue weighted by Gasteiger charge is 2.04. The summed E-state index contributed by atoms with van der Waals surface area (Å²) in [5.41, 5.74) is 0. The lowest BCUT2D eigenvalue weighted by Gasteiger charge is -2.11. The fraction of sp³-hybridized carbons (Fsp3) is 0. The number of hydrogen-bond donors (Lipinski definition) is 0. The maximum absolute atomic E-state index is 5.88. The number of hydrogen-bond acceptors (Lipinski definition) is 2. The van der Waals surface area contributed by atoms with Crippen LogP contribution in [0.1, 0.15) is 0 Å². The van der Waals surface area contributed by atoms with Crippen LogP contribution in [-0.2, 0) is 0 Å². The standard InChI is InChI=1S/C20H15O2P/c1-3-11-17-15(7-1)9-5-13-19(17)21-23-22-20-14-6-10-16-8-2-4-12-18(16)20/h1-14,23H. The zero-order chi connectivity index (χ0) is 15.5. The summed E-state index contributed by atoms with van der Waals surface area (Å²) < 4.78 is 11.8. The van der Waals surface area contributed by atoms with E-state index in [1.54, 1.807) is 0 Å². The Hall–Kier alpha value is -2.57. The minimum atomic E-state index is -0.0863. The molecule has 0 atom stereocenters. The third-order valence-corrected chi connectivity index (χ3v) is 4.41. The van der Waals surface area contributed by atoms with Gasteiger partial charge < -0.3 is 9.05 Å². The van der Waals surface area contributed by atoms with Crippen molar-refractivity contribution in [2.24, 2.45) is 0 Å². The molecule has 23 heavy (non-hydrogen) atoms. The van der Waals surface area contributed by atoms with Crippen molar-refractivity contribution in [2.75, 3.05) is 0 Å². The molecule has 0 N–H and O–H groups in total. The Kier molecular flexibility index (Phi) is 3.83. The first-order chi connectivity index (χ1) is 11.4. The highest BCUT2D eigenvalue weighted by molar-refractivity contribution is 7.27. The van der Waals surface area contributed by atoms with Crippen molar-refractivity contribution in [3.8, 4) is 11.5 Å². The molecule has 0 bridgehead atoms. The van der Waals surface area contributed by atoms with Crippen LogP contribution in [0.15, 0.2) is 84.9 Å². The van der Waals surface area contributed by atoms with Crippen LogP contribution in [0.25, 0.3) is 21.5 Å². The van der Waals surface area contributed by atoms with Crippen molar-refractivity contribution >= 4 is 30.6 Å². The van der Waals surface area contributed by atoms with Gasteiger partial charge in [0.1, 0.15) is 11.5 Å². The maximum Gasteiger partial charge on any atom is 0.275 e. The van der Waals surface area contributed by atoms with E-state index in [4.69, 9.17) is 9.05 Å². The molecule has 0 aromatic heterocycles. The van der Waals surface area contributed by atoms with E-state index in [1.165, 1.54) is 10.8 Å². The number of rotatable bonds is 4. The molecule has 0 radical (unpaired) electrons. The normalized spacial score (nSPS) is 10.8. The van der Waals surface area contributed by atoms with E-state index in [-0.39, 0.29) is 9.03 Å². The van der Waals surface area contributed by atoms with Crippen molar-refractivity contribution in [3.63, 3.8) is 0 Å². The van der Waals surface area contributed by atoms with Crippen molar-refractivity contribution in [1.82, 2.24) is 0 Å². The van der Waals surface area contributed by atoms with Gasteiger partial charge in [-0.15, -0.1) is 0 Å². The van der Waals surface area contributed by atoms with Crippen LogP contribution in [0, 0.1) is 0 Å². The van der Waals surface area contributed by atoms with Gasteiger partial charge in [0.2, 0.25) is 0 Å². The van der Waals surface area contributed by atoms with Gasteiger partial charge in [-0.2, -0.15) is 0 Å². The van der Waals surface area contributed by atoms with Crippen molar-refractivity contribution < 1.29 is 9.05 Å². The van der Waals surface area contributed by atoms with Gasteiger partial charge in [0.25, 0.3) is 9.03 Å². The van der Waals surface area contributed by atoms with E-state index < -0.39 is 0 Å². The second-order valence-electron chi connectivity index (χ2n) is 5.24. The molecule has 0 unspecified atom stereocenters. The summed E-state index contributed by atoms with van der Waals surface area (Å²) in [6, 6.07) is 28.5. The Balaban J connectivity index is 1.55. The monoisotopic (exact) mass is 318 g/mol. The van der Waals surface area contributed by atoms with Crippen LogP contribution >= 0.6 is 9.03 Å². The molecule has 2 nitrogen and oxygen atoms in total. The summed E-state index contributed by atoms with van der Waals surface area (Å²) in [7, 11) is -0.0863. The molecule has 0 heterocycles. The molecular weight excluding hydrogens is 303 g/mol. The molecule has 4 aromatic rings. The van der Waals surface area contributed by atoms with Crippen LogP contribution in [0.2, 0.25) is 0 Å². The third kappa shape index (κ3) is 2.86. The summed E-state index contributed by atoms with van der Waals surface area (Å²) in [6.07, 6.45) is 0. The molecule has 0 aliphatic carbocycles. The van der Waals surface area contributed by atoms with Gasteiger partial charge in [0.05, 0.1) is 0 Å². The average molecular weight is 318 g/mol. The van der Waals surface area contributed by atoms with Gasteiger partial charge in [-0.25, -0.2) is 0 Å². The van der Waals surface area contributed by atoms with E-state index >= 15 is 0 Å². The molecule has 4 rings (SSSR count). The van der Waals surface area contributed by atoms with Crippen LogP contribution in [0.3, 0.4) is 0 Å². The van der Waals surface area contributed by atoms with Crippen LogP contribution in [0.4, 0.5) is 0 Å². The number of benzene rings is 4. The molecule has 0 spiro atoms. The van der Waals surface area contributed by atoms with Gasteiger partial charge >= 0.3 is 0 Å². The van der Waals surface area contributed by atoms with Gasteiger partial charge in [0.15, 0.2) is 0 Å². The van der Waals surface area contributed by atoms with Gasteiger partial charge in [0, 0.05) is 10.8 Å². The van der Waals surface area contributed by atoms with Gasteiger partial charge in [-0.05, 0) is 22.9 Å². The lowest BCUT2D eigenvalue weighted by molar-refractivity contribution is 0.522. The summed E-state index contributed by atoms with van der Waals surface area (Å²) in [4.78, 5) is 0. The Morgan fingerprint density at radius 2 is 0.913 bits per heavy atom. The van der Waals surface area contributed by atoms with Crippen LogP contribution in [-0.4, -0.2) is 0 Å². The van der Waals surface area contributed by atoms with Crippen molar-refractivity contribution in [3.05, 3.63) is 84.9 Å². The van der Waals surface area contributed by atoms with Crippen molar-refractivity contribution in [1.29, 1.82) is 0 Å². The Bertz CT molecular complexity index is 876. The molecule has 3 heteroatoms. The molecule has 0 amide bonds. The molecule has 0 fully saturated rings. The molecule has 4 aromatic carbocycles. The first-order valence-electron chi connectivity index (χ1n) is 7.46. The number of fused-ring (bicyclic) bond motifs is 2. The molecule has 0 saturated heterocycles. The van der Waals surface area contributed by atoms with Crippen LogP contribution in [0.5, 0.6) is 11.5 Å². The Morgan fingerprint density at radius 1 is 0.478 bits per heavy atom. The zero-order valence-corrected chi connectivity index (χ0v) is 13.4. The van der Waals surface area contributed by atoms with Gasteiger partial charge in [-0.1, -0.05) is 72.8 Å². The van der Waals surface area contributed by atoms with Gasteiger partial charge in [-0.3, -0.25) is 0 Å². The summed E-state index contributed by atoms with van der Waals surface area (Å²) >= 11 is 0. The largest absolute Gasteiger partial charge is 0.440 e. The fourth-order valence-corrected chi connectivity index (χ4v) is 3.26. The predicted octanol–water partition coefficient (Wildman–Crippen LogP) is 5.96. The smallest absolute Gasteiger partial charge is 0.275 e. The minimum absolute atomic E-state index is 0.0863. The maximum atomic E-state index is 5.88. The summed E-state index contributed by atoms with van der Waals surface area (Å²) in [5, 5.41) is 4.54. The first kappa shape index (κ1) is 14.0. The molecule has 112 valence electrons. The quantitative estimate of drug-likeness (QED) is 0.432. The summed E-state index contributed by atoms with van der Waals surface area (Å²) in [5.74, 6) is 1.70. The average Bonchev–Trinajstić information content (AvgIpc) is 2.62. The minimum Gasteiger partial charge on any atom is -0.440 e. The highest BCUT2D eigenvalue weighted by atomic mass is 31.1. The molecule has 0 aliphatic rings. The van der Waals surface area contributed by atoms with Crippen molar-refractivity contribution in [2.45, 2.75) is 0 Å². The zero-order valence-electron chi connectivity index (χ0n) is 12.4. The lowest BCUT2D eigenvalue weighted by Crippen LogP contribution is -1.87. The second kappa shape index (κ2) is 6.28. The third-order valence-electron chi connectivity index (χ3n) is 3.80. The fourth-order valence-electron chi connectivity index (χ4n) is 2.68. The highest BCUT2D eigenvalue weighted by Crippen LogP contribution is 2.33. The molecule has 0 saturated carbocycles. The van der Waals surface area contributed by atoms with E-state index in [9.17, 15) is 0 Å². The SMILES string of the molecule is c1ccc2c(OPOc3cccc4ccccc34)cccc2c1. The van der Waals surface area contributed by atoms with E-state index in [0.717, 1.165) is 22.3 Å². The predicted molar refractivity (Wildman–Crippen MR) is 97.5 cm³/mol. The van der Waals surface area contributed by atoms with Crippen LogP contribution < -0.4 is 9.05 Å². The summed E-state index contributed by atoms with van der Waals surface area (Å²) in [6.45, 7) is 0. The lowest BCUT2D eigenvalue weighted by atomic mass is 10.1. The molecular formula is C20H15O2P. The Labute approximate surface area is 136 Å². The van der Waals surface area contributed by atoms with E-state index in [0.29, 0.717) is 0 Å². The first-order valence-corrected chi connectivity index (χ1v) is 8.28.